The van der Waals surface area contributed by atoms with E-state index in [-0.39, 0.29) is 5.91 Å². The number of anilines is 1. The van der Waals surface area contributed by atoms with Crippen molar-refractivity contribution >= 4 is 34.8 Å². The molecule has 1 amide bonds. The first-order valence-electron chi connectivity index (χ1n) is 6.78. The predicted molar refractivity (Wildman–Crippen MR) is 89.2 cm³/mol. The maximum atomic E-state index is 11.9. The second kappa shape index (κ2) is 7.84. The van der Waals surface area contributed by atoms with Crippen molar-refractivity contribution in [2.45, 2.75) is 19.3 Å². The summed E-state index contributed by atoms with van der Waals surface area (Å²) in [6.07, 6.45) is 1.25. The third-order valence-corrected chi connectivity index (χ3v) is 3.74. The van der Waals surface area contributed by atoms with E-state index in [0.29, 0.717) is 35.0 Å². The number of amides is 1. The lowest BCUT2D eigenvalue weighted by Crippen LogP contribution is -2.12. The van der Waals surface area contributed by atoms with Gasteiger partial charge in [-0.3, -0.25) is 4.79 Å². The minimum Gasteiger partial charge on any atom is -0.326 e. The van der Waals surface area contributed by atoms with Gasteiger partial charge in [-0.15, -0.1) is 0 Å². The Morgan fingerprint density at radius 1 is 1.14 bits per heavy atom. The summed E-state index contributed by atoms with van der Waals surface area (Å²) in [4.78, 5) is 11.9. The Hall–Kier alpha value is -2.02. The number of nitrogens with zero attached hydrogens (tertiary/aromatic N) is 1. The Balaban J connectivity index is 1.89. The van der Waals surface area contributed by atoms with Gasteiger partial charge >= 0.3 is 0 Å². The van der Waals surface area contributed by atoms with Crippen LogP contribution in [-0.2, 0) is 17.6 Å². The molecule has 2 rings (SSSR count). The first-order chi connectivity index (χ1) is 10.6. The molecule has 0 saturated carbocycles. The van der Waals surface area contributed by atoms with E-state index in [4.69, 9.17) is 28.5 Å². The monoisotopic (exact) mass is 332 g/mol. The number of rotatable bonds is 5. The van der Waals surface area contributed by atoms with Crippen molar-refractivity contribution in [2.75, 3.05) is 5.32 Å². The molecule has 0 aliphatic heterocycles. The first-order valence-corrected chi connectivity index (χ1v) is 7.54. The summed E-state index contributed by atoms with van der Waals surface area (Å²) in [6.45, 7) is 0. The first kappa shape index (κ1) is 16.4. The highest BCUT2D eigenvalue weighted by molar-refractivity contribution is 6.35. The molecule has 0 bridgehead atoms. The van der Waals surface area contributed by atoms with Gasteiger partial charge < -0.3 is 5.32 Å². The zero-order valence-corrected chi connectivity index (χ0v) is 13.3. The van der Waals surface area contributed by atoms with E-state index in [0.717, 1.165) is 11.1 Å². The highest BCUT2D eigenvalue weighted by atomic mass is 35.5. The van der Waals surface area contributed by atoms with E-state index < -0.39 is 0 Å². The normalized spacial score (nSPS) is 10.0. The van der Waals surface area contributed by atoms with Gasteiger partial charge in [0.25, 0.3) is 0 Å². The second-order valence-corrected chi connectivity index (χ2v) is 5.66. The van der Waals surface area contributed by atoms with E-state index in [1.165, 1.54) is 0 Å². The van der Waals surface area contributed by atoms with Crippen molar-refractivity contribution in [1.29, 1.82) is 5.26 Å². The lowest BCUT2D eigenvalue weighted by molar-refractivity contribution is -0.116. The molecule has 3 nitrogen and oxygen atoms in total. The maximum Gasteiger partial charge on any atom is 0.224 e. The molecule has 0 radical (unpaired) electrons. The fourth-order valence-electron chi connectivity index (χ4n) is 1.99. The third kappa shape index (κ3) is 4.77. The summed E-state index contributed by atoms with van der Waals surface area (Å²) in [7, 11) is 0. The quantitative estimate of drug-likeness (QED) is 0.867. The fraction of sp³-hybridized carbons (Fsp3) is 0.176. The predicted octanol–water partition coefficient (Wildman–Crippen LogP) is 4.63. The van der Waals surface area contributed by atoms with Gasteiger partial charge in [-0.05, 0) is 41.8 Å². The van der Waals surface area contributed by atoms with Gasteiger partial charge in [-0.1, -0.05) is 41.4 Å². The van der Waals surface area contributed by atoms with Gasteiger partial charge in [-0.2, -0.15) is 5.26 Å². The Morgan fingerprint density at radius 2 is 1.86 bits per heavy atom. The number of halogens is 2. The Bertz CT molecular complexity index is 706. The van der Waals surface area contributed by atoms with Crippen LogP contribution in [0, 0.1) is 11.3 Å². The molecule has 112 valence electrons. The van der Waals surface area contributed by atoms with Crippen LogP contribution in [-0.4, -0.2) is 5.91 Å². The van der Waals surface area contributed by atoms with E-state index in [9.17, 15) is 4.79 Å². The Kier molecular flexibility index (Phi) is 5.83. The highest BCUT2D eigenvalue weighted by Gasteiger charge is 2.06. The molecule has 0 spiro atoms. The van der Waals surface area contributed by atoms with Gasteiger partial charge in [0.15, 0.2) is 0 Å². The molecule has 0 unspecified atom stereocenters. The van der Waals surface area contributed by atoms with Crippen LogP contribution in [0.1, 0.15) is 17.5 Å². The second-order valence-electron chi connectivity index (χ2n) is 4.82. The van der Waals surface area contributed by atoms with Crippen molar-refractivity contribution in [3.8, 4) is 6.07 Å². The topological polar surface area (TPSA) is 52.9 Å². The van der Waals surface area contributed by atoms with Crippen molar-refractivity contribution in [3.05, 3.63) is 63.6 Å². The molecule has 0 aliphatic carbocycles. The maximum absolute atomic E-state index is 11.9. The molecular weight excluding hydrogens is 319 g/mol. The number of nitriles is 1. The summed E-state index contributed by atoms with van der Waals surface area (Å²) in [6, 6.07) is 14.6. The summed E-state index contributed by atoms with van der Waals surface area (Å²) in [5, 5.41) is 12.6. The third-order valence-electron chi connectivity index (χ3n) is 3.16. The molecule has 2 aromatic rings. The Labute approximate surface area is 139 Å². The van der Waals surface area contributed by atoms with Crippen molar-refractivity contribution in [2.24, 2.45) is 0 Å². The molecule has 0 heterocycles. The van der Waals surface area contributed by atoms with E-state index in [2.05, 4.69) is 11.4 Å². The molecule has 0 aromatic heterocycles. The van der Waals surface area contributed by atoms with Crippen LogP contribution in [0.4, 0.5) is 5.69 Å². The summed E-state index contributed by atoms with van der Waals surface area (Å²) >= 11 is 11.9. The molecule has 5 heteroatoms. The van der Waals surface area contributed by atoms with E-state index >= 15 is 0 Å². The summed E-state index contributed by atoms with van der Waals surface area (Å²) < 4.78 is 0. The van der Waals surface area contributed by atoms with Crippen LogP contribution in [0.15, 0.2) is 42.5 Å². The average molecular weight is 333 g/mol. The number of aryl methyl sites for hydroxylation is 1. The molecule has 2 aromatic carbocycles. The zero-order chi connectivity index (χ0) is 15.9. The summed E-state index contributed by atoms with van der Waals surface area (Å²) in [5.41, 5.74) is 2.54. The number of carbonyl (C=O) groups is 1. The van der Waals surface area contributed by atoms with Gasteiger partial charge in [0.1, 0.15) is 0 Å². The van der Waals surface area contributed by atoms with E-state index in [1.54, 1.807) is 24.3 Å². The highest BCUT2D eigenvalue weighted by Crippen LogP contribution is 2.22. The molecule has 0 saturated heterocycles. The molecule has 1 N–H and O–H groups in total. The molecule has 0 atom stereocenters. The minimum atomic E-state index is -0.0842. The van der Waals surface area contributed by atoms with Gasteiger partial charge in [0.2, 0.25) is 5.91 Å². The standard InChI is InChI=1S/C17H14Cl2N2O/c18-14-5-3-13(16(19)11-14)4-8-17(22)21-15-6-1-12(2-7-15)9-10-20/h1-3,5-7,11H,4,8-9H2,(H,21,22). The number of hydrogen-bond acceptors (Lipinski definition) is 2. The number of benzene rings is 2. The van der Waals surface area contributed by atoms with E-state index in [1.807, 2.05) is 18.2 Å². The smallest absolute Gasteiger partial charge is 0.224 e. The van der Waals surface area contributed by atoms with Crippen LogP contribution >= 0.6 is 23.2 Å². The van der Waals surface area contributed by atoms with Crippen molar-refractivity contribution < 1.29 is 4.79 Å². The van der Waals surface area contributed by atoms with Crippen molar-refractivity contribution in [1.82, 2.24) is 0 Å². The minimum absolute atomic E-state index is 0.0842. The summed E-state index contributed by atoms with van der Waals surface area (Å²) in [5.74, 6) is -0.0842. The number of carbonyl (C=O) groups excluding carboxylic acids is 1. The Morgan fingerprint density at radius 3 is 2.50 bits per heavy atom. The van der Waals surface area contributed by atoms with Crippen LogP contribution in [0.3, 0.4) is 0 Å². The SMILES string of the molecule is N#CCc1ccc(NC(=O)CCc2ccc(Cl)cc2Cl)cc1. The van der Waals surface area contributed by atoms with Gasteiger partial charge in [0, 0.05) is 22.2 Å². The lowest BCUT2D eigenvalue weighted by atomic mass is 10.1. The van der Waals surface area contributed by atoms with Crippen LogP contribution in [0.2, 0.25) is 10.0 Å². The van der Waals surface area contributed by atoms with Crippen molar-refractivity contribution in [3.63, 3.8) is 0 Å². The molecular formula is C17H14Cl2N2O. The average Bonchev–Trinajstić information content (AvgIpc) is 2.49. The number of hydrogen-bond donors (Lipinski definition) is 1. The van der Waals surface area contributed by atoms with Crippen LogP contribution < -0.4 is 5.32 Å². The fourth-order valence-corrected chi connectivity index (χ4v) is 2.50. The number of nitrogens with one attached hydrogen (secondary N) is 1. The zero-order valence-electron chi connectivity index (χ0n) is 11.8. The largest absolute Gasteiger partial charge is 0.326 e. The van der Waals surface area contributed by atoms with Gasteiger partial charge in [-0.25, -0.2) is 0 Å². The van der Waals surface area contributed by atoms with Crippen LogP contribution in [0.25, 0.3) is 0 Å². The van der Waals surface area contributed by atoms with Crippen LogP contribution in [0.5, 0.6) is 0 Å². The van der Waals surface area contributed by atoms with Gasteiger partial charge in [0.05, 0.1) is 12.5 Å². The molecule has 0 aliphatic rings. The molecule has 0 fully saturated rings. The molecule has 22 heavy (non-hydrogen) atoms. The lowest BCUT2D eigenvalue weighted by Gasteiger charge is -2.07.